The lowest BCUT2D eigenvalue weighted by Gasteiger charge is -2.15. The number of hydrogen-bond donors (Lipinski definition) is 1. The highest BCUT2D eigenvalue weighted by Crippen LogP contribution is 2.31. The number of nitrogens with one attached hydrogen (secondary N) is 1. The zero-order chi connectivity index (χ0) is 15.5. The van der Waals surface area contributed by atoms with Crippen LogP contribution in [0.3, 0.4) is 0 Å². The maximum Gasteiger partial charge on any atom is 0.416 e. The average molecular weight is 311 g/mol. The minimum atomic E-state index is -4.39. The highest BCUT2D eigenvalue weighted by Gasteiger charge is 2.30. The van der Waals surface area contributed by atoms with E-state index in [0.717, 1.165) is 12.1 Å². The van der Waals surface area contributed by atoms with E-state index in [2.05, 4.69) is 5.32 Å². The molecule has 6 heteroatoms. The second kappa shape index (κ2) is 6.06. The van der Waals surface area contributed by atoms with Crippen LogP contribution in [0, 0.1) is 11.3 Å². The van der Waals surface area contributed by atoms with Gasteiger partial charge in [-0.25, -0.2) is 0 Å². The van der Waals surface area contributed by atoms with Crippen molar-refractivity contribution >= 4 is 17.3 Å². The summed E-state index contributed by atoms with van der Waals surface area (Å²) in [6.07, 6.45) is -4.39. The number of benzene rings is 2. The molecule has 0 bridgehead atoms. The van der Waals surface area contributed by atoms with Crippen molar-refractivity contribution in [3.05, 3.63) is 64.7 Å². The Kier molecular flexibility index (Phi) is 4.39. The van der Waals surface area contributed by atoms with Gasteiger partial charge in [-0.1, -0.05) is 35.9 Å². The highest BCUT2D eigenvalue weighted by atomic mass is 35.5. The fraction of sp³-hybridized carbons (Fsp3) is 0.133. The second-order valence-electron chi connectivity index (χ2n) is 4.31. The number of anilines is 1. The van der Waals surface area contributed by atoms with Crippen LogP contribution < -0.4 is 5.32 Å². The summed E-state index contributed by atoms with van der Waals surface area (Å²) < 4.78 is 37.5. The van der Waals surface area contributed by atoms with Crippen LogP contribution in [-0.2, 0) is 6.18 Å². The molecule has 2 aromatic rings. The predicted octanol–water partition coefficient (Wildman–Crippen LogP) is 5.04. The molecule has 1 N–H and O–H groups in total. The number of halogens is 4. The molecular weight excluding hydrogens is 301 g/mol. The molecule has 2 nitrogen and oxygen atoms in total. The van der Waals surface area contributed by atoms with Crippen LogP contribution in [0.1, 0.15) is 17.2 Å². The topological polar surface area (TPSA) is 35.8 Å². The van der Waals surface area contributed by atoms with E-state index in [4.69, 9.17) is 11.6 Å². The zero-order valence-corrected chi connectivity index (χ0v) is 11.4. The quantitative estimate of drug-likeness (QED) is 0.862. The molecule has 1 atom stereocenters. The molecule has 0 aliphatic carbocycles. The minimum Gasteiger partial charge on any atom is -0.365 e. The lowest BCUT2D eigenvalue weighted by molar-refractivity contribution is -0.137. The third-order valence-corrected chi connectivity index (χ3v) is 3.20. The summed E-state index contributed by atoms with van der Waals surface area (Å²) in [5.41, 5.74) is 0.233. The van der Waals surface area contributed by atoms with Crippen molar-refractivity contribution in [1.29, 1.82) is 5.26 Å². The first kappa shape index (κ1) is 15.2. The van der Waals surface area contributed by atoms with Crippen LogP contribution in [0.5, 0.6) is 0 Å². The summed E-state index contributed by atoms with van der Waals surface area (Å²) in [4.78, 5) is 0. The molecule has 0 aromatic heterocycles. The van der Waals surface area contributed by atoms with E-state index < -0.39 is 17.8 Å². The summed E-state index contributed by atoms with van der Waals surface area (Å²) in [7, 11) is 0. The lowest BCUT2D eigenvalue weighted by Crippen LogP contribution is -2.10. The van der Waals surface area contributed by atoms with Crippen LogP contribution in [0.25, 0.3) is 0 Å². The number of alkyl halides is 3. The Balaban J connectivity index is 2.23. The van der Waals surface area contributed by atoms with Gasteiger partial charge in [-0.15, -0.1) is 0 Å². The van der Waals surface area contributed by atoms with Crippen molar-refractivity contribution in [2.45, 2.75) is 12.2 Å². The Morgan fingerprint density at radius 3 is 2.19 bits per heavy atom. The second-order valence-corrected chi connectivity index (χ2v) is 4.71. The molecular formula is C15H10ClF3N2. The third-order valence-electron chi connectivity index (χ3n) is 2.87. The summed E-state index contributed by atoms with van der Waals surface area (Å²) in [6, 6.07) is 12.5. The molecule has 2 rings (SSSR count). The molecule has 1 unspecified atom stereocenters. The molecule has 0 radical (unpaired) electrons. The summed E-state index contributed by atoms with van der Waals surface area (Å²) >= 11 is 5.98. The molecule has 0 fully saturated rings. The van der Waals surface area contributed by atoms with Crippen LogP contribution in [0.2, 0.25) is 5.02 Å². The van der Waals surface area contributed by atoms with E-state index >= 15 is 0 Å². The van der Waals surface area contributed by atoms with Gasteiger partial charge >= 0.3 is 6.18 Å². The number of rotatable bonds is 3. The molecule has 0 heterocycles. The maximum absolute atomic E-state index is 12.5. The first-order chi connectivity index (χ1) is 9.91. The van der Waals surface area contributed by atoms with Gasteiger partial charge in [0.2, 0.25) is 0 Å². The Labute approximate surface area is 124 Å². The Hall–Kier alpha value is -2.19. The number of para-hydroxylation sites is 1. The van der Waals surface area contributed by atoms with E-state index in [-0.39, 0.29) is 0 Å². The van der Waals surface area contributed by atoms with Crippen molar-refractivity contribution in [1.82, 2.24) is 0 Å². The van der Waals surface area contributed by atoms with Gasteiger partial charge in [0, 0.05) is 0 Å². The number of nitrogens with zero attached hydrogens (tertiary/aromatic N) is 1. The fourth-order valence-electron chi connectivity index (χ4n) is 1.79. The van der Waals surface area contributed by atoms with Gasteiger partial charge in [-0.05, 0) is 29.8 Å². The molecule has 21 heavy (non-hydrogen) atoms. The molecule has 0 aliphatic heterocycles. The lowest BCUT2D eigenvalue weighted by atomic mass is 10.1. The van der Waals surface area contributed by atoms with Gasteiger partial charge in [0.1, 0.15) is 6.04 Å². The van der Waals surface area contributed by atoms with Gasteiger partial charge in [0.25, 0.3) is 0 Å². The molecule has 0 spiro atoms. The molecule has 0 saturated heterocycles. The van der Waals surface area contributed by atoms with Gasteiger partial charge in [-0.2, -0.15) is 18.4 Å². The molecule has 108 valence electrons. The van der Waals surface area contributed by atoms with E-state index in [1.807, 2.05) is 6.07 Å². The van der Waals surface area contributed by atoms with Crippen LogP contribution in [0.4, 0.5) is 18.9 Å². The zero-order valence-electron chi connectivity index (χ0n) is 10.7. The van der Waals surface area contributed by atoms with Gasteiger partial charge in [0.05, 0.1) is 22.3 Å². The van der Waals surface area contributed by atoms with Crippen molar-refractivity contribution < 1.29 is 13.2 Å². The van der Waals surface area contributed by atoms with Gasteiger partial charge < -0.3 is 5.32 Å². The van der Waals surface area contributed by atoms with Crippen LogP contribution >= 0.6 is 11.6 Å². The first-order valence-corrected chi connectivity index (χ1v) is 6.37. The number of nitriles is 1. The summed E-state index contributed by atoms with van der Waals surface area (Å²) in [5, 5.41) is 12.5. The Morgan fingerprint density at radius 1 is 1.05 bits per heavy atom. The van der Waals surface area contributed by atoms with Gasteiger partial charge in [0.15, 0.2) is 0 Å². The van der Waals surface area contributed by atoms with Crippen molar-refractivity contribution in [3.63, 3.8) is 0 Å². The first-order valence-electron chi connectivity index (χ1n) is 5.99. The van der Waals surface area contributed by atoms with Crippen molar-refractivity contribution in [2.75, 3.05) is 5.32 Å². The van der Waals surface area contributed by atoms with E-state index in [0.29, 0.717) is 16.3 Å². The van der Waals surface area contributed by atoms with Crippen LogP contribution in [-0.4, -0.2) is 0 Å². The summed E-state index contributed by atoms with van der Waals surface area (Å²) in [6.45, 7) is 0. The largest absolute Gasteiger partial charge is 0.416 e. The van der Waals surface area contributed by atoms with E-state index in [1.165, 1.54) is 12.1 Å². The van der Waals surface area contributed by atoms with E-state index in [9.17, 15) is 18.4 Å². The van der Waals surface area contributed by atoms with Crippen molar-refractivity contribution in [2.24, 2.45) is 0 Å². The molecule has 0 saturated carbocycles. The van der Waals surface area contributed by atoms with Crippen molar-refractivity contribution in [3.8, 4) is 6.07 Å². The van der Waals surface area contributed by atoms with Crippen LogP contribution in [0.15, 0.2) is 48.5 Å². The smallest absolute Gasteiger partial charge is 0.365 e. The SMILES string of the molecule is N#CC(Nc1ccccc1Cl)c1ccc(C(F)(F)F)cc1. The monoisotopic (exact) mass is 310 g/mol. The molecule has 0 amide bonds. The minimum absolute atomic E-state index is 0.435. The third kappa shape index (κ3) is 3.67. The fourth-order valence-corrected chi connectivity index (χ4v) is 1.98. The molecule has 2 aromatic carbocycles. The van der Waals surface area contributed by atoms with Gasteiger partial charge in [-0.3, -0.25) is 0 Å². The van der Waals surface area contributed by atoms with E-state index in [1.54, 1.807) is 24.3 Å². The standard InChI is InChI=1S/C15H10ClF3N2/c16-12-3-1-2-4-13(12)21-14(9-20)10-5-7-11(8-6-10)15(17,18)19/h1-8,14,21H. The number of hydrogen-bond acceptors (Lipinski definition) is 2. The normalized spacial score (nSPS) is 12.5. The maximum atomic E-state index is 12.5. The Morgan fingerprint density at radius 2 is 1.67 bits per heavy atom. The Bertz CT molecular complexity index is 660. The molecule has 0 aliphatic rings. The average Bonchev–Trinajstić information content (AvgIpc) is 2.46. The predicted molar refractivity (Wildman–Crippen MR) is 74.9 cm³/mol. The highest BCUT2D eigenvalue weighted by molar-refractivity contribution is 6.33. The summed E-state index contributed by atoms with van der Waals surface area (Å²) in [5.74, 6) is 0.